The number of nitrogens with zero attached hydrogens (tertiary/aromatic N) is 4. The van der Waals surface area contributed by atoms with Gasteiger partial charge in [0.25, 0.3) is 0 Å². The summed E-state index contributed by atoms with van der Waals surface area (Å²) in [6.07, 6.45) is 14.8. The Labute approximate surface area is 229 Å². The summed E-state index contributed by atoms with van der Waals surface area (Å²) in [6.45, 7) is 6.25. The van der Waals surface area contributed by atoms with E-state index in [2.05, 4.69) is 62.1 Å². The summed E-state index contributed by atoms with van der Waals surface area (Å²) in [5.41, 5.74) is 11.2. The molecule has 5 aromatic rings. The first-order valence-corrected chi connectivity index (χ1v) is 13.6. The number of benzene rings is 3. The van der Waals surface area contributed by atoms with Crippen LogP contribution < -0.4 is 0 Å². The number of allylic oxidation sites excluding steroid dienone is 7. The second-order valence-electron chi connectivity index (χ2n) is 9.69. The van der Waals surface area contributed by atoms with E-state index in [-0.39, 0.29) is 0 Å². The minimum absolute atomic E-state index is 0.852. The van der Waals surface area contributed by atoms with Crippen molar-refractivity contribution >= 4 is 33.2 Å². The second-order valence-corrected chi connectivity index (χ2v) is 9.69. The Balaban J connectivity index is 1.49. The van der Waals surface area contributed by atoms with Crippen LogP contribution in [0.3, 0.4) is 0 Å². The lowest BCUT2D eigenvalue weighted by Crippen LogP contribution is -2.00. The van der Waals surface area contributed by atoms with Crippen LogP contribution in [0, 0.1) is 0 Å². The van der Waals surface area contributed by atoms with Crippen LogP contribution in [0.4, 0.5) is 0 Å². The minimum atomic E-state index is 0.852. The van der Waals surface area contributed by atoms with Crippen LogP contribution in [0.25, 0.3) is 55.7 Å². The molecule has 0 unspecified atom stereocenters. The molecule has 2 aromatic heterocycles. The molecule has 190 valence electrons. The van der Waals surface area contributed by atoms with E-state index < -0.39 is 0 Å². The fourth-order valence-corrected chi connectivity index (χ4v) is 4.96. The monoisotopic (exact) mass is 506 g/mol. The summed E-state index contributed by atoms with van der Waals surface area (Å²) in [7, 11) is 0. The Morgan fingerprint density at radius 2 is 1.28 bits per heavy atom. The van der Waals surface area contributed by atoms with Gasteiger partial charge < -0.3 is 0 Å². The van der Waals surface area contributed by atoms with Crippen LogP contribution >= 0.6 is 0 Å². The van der Waals surface area contributed by atoms with Gasteiger partial charge in [0.15, 0.2) is 0 Å². The van der Waals surface area contributed by atoms with E-state index in [9.17, 15) is 0 Å². The van der Waals surface area contributed by atoms with E-state index in [0.717, 1.165) is 92.8 Å². The molecule has 0 N–H and O–H groups in total. The molecule has 4 heteroatoms. The second kappa shape index (κ2) is 11.0. The van der Waals surface area contributed by atoms with Crippen LogP contribution in [0.1, 0.15) is 44.0 Å². The van der Waals surface area contributed by atoms with E-state index in [0.29, 0.717) is 0 Å². The Kier molecular flexibility index (Phi) is 6.92. The van der Waals surface area contributed by atoms with E-state index in [1.165, 1.54) is 0 Å². The van der Waals surface area contributed by atoms with Crippen LogP contribution in [-0.4, -0.2) is 19.9 Å². The highest BCUT2D eigenvalue weighted by Gasteiger charge is 2.17. The topological polar surface area (TPSA) is 51.6 Å². The third kappa shape index (κ3) is 4.94. The average molecular weight is 507 g/mol. The molecule has 0 saturated carbocycles. The van der Waals surface area contributed by atoms with Crippen molar-refractivity contribution in [3.8, 4) is 22.5 Å². The lowest BCUT2D eigenvalue weighted by atomic mass is 9.97. The van der Waals surface area contributed by atoms with E-state index in [1.807, 2.05) is 54.6 Å². The first-order valence-electron chi connectivity index (χ1n) is 13.6. The molecule has 0 bridgehead atoms. The van der Waals surface area contributed by atoms with E-state index in [1.54, 1.807) is 0 Å². The summed E-state index contributed by atoms with van der Waals surface area (Å²) < 4.78 is 0. The number of unbranched alkanes of at least 4 members (excludes halogenated alkanes) is 1. The van der Waals surface area contributed by atoms with E-state index in [4.69, 9.17) is 19.9 Å². The molecule has 39 heavy (non-hydrogen) atoms. The predicted molar refractivity (Wildman–Crippen MR) is 163 cm³/mol. The molecule has 1 aliphatic carbocycles. The molecule has 6 rings (SSSR count). The van der Waals surface area contributed by atoms with Gasteiger partial charge in [-0.2, -0.15) is 0 Å². The molecular formula is C35H30N4. The van der Waals surface area contributed by atoms with Gasteiger partial charge in [-0.05, 0) is 54.7 Å². The Bertz CT molecular complexity index is 1770. The summed E-state index contributed by atoms with van der Waals surface area (Å²) in [6, 6.07) is 24.5. The van der Waals surface area contributed by atoms with Gasteiger partial charge in [0.1, 0.15) is 0 Å². The molecule has 0 aliphatic heterocycles. The van der Waals surface area contributed by atoms with Gasteiger partial charge in [-0.3, -0.25) is 0 Å². The summed E-state index contributed by atoms with van der Waals surface area (Å²) >= 11 is 0. The quantitative estimate of drug-likeness (QED) is 0.207. The Morgan fingerprint density at radius 1 is 0.718 bits per heavy atom. The molecule has 0 amide bonds. The van der Waals surface area contributed by atoms with Crippen molar-refractivity contribution in [3.63, 3.8) is 0 Å². The Morgan fingerprint density at radius 3 is 1.85 bits per heavy atom. The lowest BCUT2D eigenvalue weighted by Gasteiger charge is -2.14. The molecule has 3 aromatic carbocycles. The molecule has 0 spiro atoms. The van der Waals surface area contributed by atoms with Crippen LogP contribution in [-0.2, 0) is 0 Å². The number of rotatable bonds is 7. The maximum absolute atomic E-state index is 5.07. The summed E-state index contributed by atoms with van der Waals surface area (Å²) in [4.78, 5) is 20.2. The highest BCUT2D eigenvalue weighted by molar-refractivity contribution is 5.90. The summed E-state index contributed by atoms with van der Waals surface area (Å²) in [5, 5.41) is 0. The smallest absolute Gasteiger partial charge is 0.0972 e. The third-order valence-corrected chi connectivity index (χ3v) is 6.99. The fourth-order valence-electron chi connectivity index (χ4n) is 4.96. The predicted octanol–water partition coefficient (Wildman–Crippen LogP) is 9.01. The van der Waals surface area contributed by atoms with Crippen molar-refractivity contribution in [2.24, 2.45) is 0 Å². The first-order chi connectivity index (χ1) is 19.2. The molecule has 0 saturated heterocycles. The zero-order chi connectivity index (χ0) is 26.6. The zero-order valence-corrected chi connectivity index (χ0v) is 22.1. The standard InChI is InChI=1S/C35H30N4/c1-3-5-13-24(4-2)32-34(38-29-17-10-9-16-28(29)36-32)26-20-22-27(23-21-26)35-33(25-14-7-6-8-15-25)37-30-18-11-12-19-31(30)39-35/h4,7,9-23H,2-3,5-6,8H2,1H3/b24-13+. The zero-order valence-electron chi connectivity index (χ0n) is 22.1. The van der Waals surface area contributed by atoms with Crippen molar-refractivity contribution in [2.45, 2.75) is 32.6 Å². The molecule has 0 radical (unpaired) electrons. The molecule has 4 nitrogen and oxygen atoms in total. The Hall–Kier alpha value is -4.70. The highest BCUT2D eigenvalue weighted by atomic mass is 14.8. The molecule has 0 fully saturated rings. The van der Waals surface area contributed by atoms with Crippen molar-refractivity contribution in [2.75, 3.05) is 0 Å². The van der Waals surface area contributed by atoms with Gasteiger partial charge in [0, 0.05) is 11.1 Å². The van der Waals surface area contributed by atoms with Gasteiger partial charge in [-0.15, -0.1) is 0 Å². The minimum Gasteiger partial charge on any atom is -0.244 e. The number of fused-ring (bicyclic) bond motifs is 2. The molecule has 2 heterocycles. The lowest BCUT2D eigenvalue weighted by molar-refractivity contribution is 0.959. The van der Waals surface area contributed by atoms with Crippen molar-refractivity contribution in [3.05, 3.63) is 121 Å². The SMILES string of the molecule is C=C/C(=C\CCC)c1nc2ccccc2nc1-c1ccc(-c2nc3ccccc3nc2C2=CCCC=C2)cc1. The normalized spacial score (nSPS) is 13.6. The molecule has 1 aliphatic rings. The van der Waals surface area contributed by atoms with Gasteiger partial charge in [0.05, 0.1) is 44.8 Å². The maximum atomic E-state index is 5.07. The van der Waals surface area contributed by atoms with Gasteiger partial charge in [0.2, 0.25) is 0 Å². The number of para-hydroxylation sites is 4. The fraction of sp³-hybridized carbons (Fsp3) is 0.143. The van der Waals surface area contributed by atoms with Crippen molar-refractivity contribution < 1.29 is 0 Å². The first kappa shape index (κ1) is 24.6. The van der Waals surface area contributed by atoms with Crippen LogP contribution in [0.5, 0.6) is 0 Å². The molecular weight excluding hydrogens is 476 g/mol. The van der Waals surface area contributed by atoms with Crippen LogP contribution in [0.15, 0.2) is 110 Å². The van der Waals surface area contributed by atoms with Crippen LogP contribution in [0.2, 0.25) is 0 Å². The van der Waals surface area contributed by atoms with Gasteiger partial charge >= 0.3 is 0 Å². The number of hydrogen-bond donors (Lipinski definition) is 0. The third-order valence-electron chi connectivity index (χ3n) is 6.99. The largest absolute Gasteiger partial charge is 0.244 e. The maximum Gasteiger partial charge on any atom is 0.0972 e. The van der Waals surface area contributed by atoms with Crippen molar-refractivity contribution in [1.29, 1.82) is 0 Å². The average Bonchev–Trinajstić information content (AvgIpc) is 3.01. The molecule has 0 atom stereocenters. The summed E-state index contributed by atoms with van der Waals surface area (Å²) in [5.74, 6) is 0. The highest BCUT2D eigenvalue weighted by Crippen LogP contribution is 2.34. The van der Waals surface area contributed by atoms with Crippen molar-refractivity contribution in [1.82, 2.24) is 19.9 Å². The number of aromatic nitrogens is 4. The van der Waals surface area contributed by atoms with E-state index >= 15 is 0 Å². The van der Waals surface area contributed by atoms with Gasteiger partial charge in [-0.1, -0.05) is 98.8 Å². The number of hydrogen-bond acceptors (Lipinski definition) is 4. The van der Waals surface area contributed by atoms with Gasteiger partial charge in [-0.25, -0.2) is 19.9 Å².